The maximum atomic E-state index is 13.1. The maximum absolute atomic E-state index is 13.1. The van der Waals surface area contributed by atoms with Crippen molar-refractivity contribution in [2.75, 3.05) is 31.3 Å². The van der Waals surface area contributed by atoms with E-state index in [4.69, 9.17) is 5.73 Å². The molecule has 0 aliphatic heterocycles. The van der Waals surface area contributed by atoms with Crippen LogP contribution in [0.3, 0.4) is 0 Å². The number of anilines is 2. The average molecular weight is 337 g/mol. The number of aryl methyl sites for hydroxylation is 1. The van der Waals surface area contributed by atoms with Crippen LogP contribution in [0.5, 0.6) is 0 Å². The van der Waals surface area contributed by atoms with Crippen LogP contribution in [0.25, 0.3) is 0 Å². The molecule has 4 nitrogen and oxygen atoms in total. The molecule has 0 aromatic heterocycles. The molecule has 1 aliphatic carbocycles. The lowest BCUT2D eigenvalue weighted by molar-refractivity contribution is 0.0735. The summed E-state index contributed by atoms with van der Waals surface area (Å²) in [5.74, 6) is 0.736. The highest BCUT2D eigenvalue weighted by Crippen LogP contribution is 2.32. The van der Waals surface area contributed by atoms with Gasteiger partial charge in [0.25, 0.3) is 5.91 Å². The van der Waals surface area contributed by atoms with Crippen LogP contribution >= 0.6 is 0 Å². The van der Waals surface area contributed by atoms with Gasteiger partial charge in [-0.2, -0.15) is 0 Å². The monoisotopic (exact) mass is 337 g/mol. The predicted octanol–water partition coefficient (Wildman–Crippen LogP) is 3.70. The second-order valence-electron chi connectivity index (χ2n) is 7.28. The zero-order valence-electron chi connectivity index (χ0n) is 15.3. The van der Waals surface area contributed by atoms with E-state index in [1.54, 1.807) is 0 Å². The Balaban J connectivity index is 1.89. The van der Waals surface area contributed by atoms with Gasteiger partial charge in [-0.05, 0) is 61.6 Å². The first-order valence-electron chi connectivity index (χ1n) is 8.85. The van der Waals surface area contributed by atoms with E-state index in [1.807, 2.05) is 68.4 Å². The molecule has 0 bridgehead atoms. The lowest BCUT2D eigenvalue weighted by atomic mass is 10.1. The van der Waals surface area contributed by atoms with E-state index < -0.39 is 0 Å². The van der Waals surface area contributed by atoms with Crippen LogP contribution in [0, 0.1) is 12.8 Å². The third-order valence-corrected chi connectivity index (χ3v) is 4.67. The van der Waals surface area contributed by atoms with Crippen molar-refractivity contribution < 1.29 is 4.79 Å². The van der Waals surface area contributed by atoms with Gasteiger partial charge in [-0.3, -0.25) is 4.79 Å². The van der Waals surface area contributed by atoms with Crippen molar-refractivity contribution in [3.05, 3.63) is 59.2 Å². The molecule has 2 aromatic carbocycles. The predicted molar refractivity (Wildman–Crippen MR) is 104 cm³/mol. The maximum Gasteiger partial charge on any atom is 0.254 e. The summed E-state index contributed by atoms with van der Waals surface area (Å²) in [6.07, 6.45) is 2.43. The standard InChI is InChI=1S/C21H27N3O/c1-15-5-4-6-17(11-15)21(25)24(13-16-7-8-16)14-18-12-19(22)9-10-20(18)23(2)3/h4-6,9-12,16H,7-8,13-14,22H2,1-3H3. The Kier molecular flexibility index (Phi) is 4.98. The van der Waals surface area contributed by atoms with Crippen LogP contribution in [0.2, 0.25) is 0 Å². The topological polar surface area (TPSA) is 49.6 Å². The Bertz CT molecular complexity index is 765. The number of amides is 1. The number of nitrogens with zero attached hydrogens (tertiary/aromatic N) is 2. The van der Waals surface area contributed by atoms with Gasteiger partial charge in [0.1, 0.15) is 0 Å². The Morgan fingerprint density at radius 1 is 1.16 bits per heavy atom. The fourth-order valence-corrected chi connectivity index (χ4v) is 3.17. The fraction of sp³-hybridized carbons (Fsp3) is 0.381. The molecule has 0 saturated heterocycles. The van der Waals surface area contributed by atoms with E-state index in [0.29, 0.717) is 12.5 Å². The Morgan fingerprint density at radius 2 is 1.92 bits per heavy atom. The summed E-state index contributed by atoms with van der Waals surface area (Å²) in [5.41, 5.74) is 10.8. The zero-order chi connectivity index (χ0) is 18.0. The minimum Gasteiger partial charge on any atom is -0.399 e. The summed E-state index contributed by atoms with van der Waals surface area (Å²) in [7, 11) is 4.03. The molecular formula is C21H27N3O. The summed E-state index contributed by atoms with van der Waals surface area (Å²) in [5, 5.41) is 0. The van der Waals surface area contributed by atoms with Gasteiger partial charge in [-0.1, -0.05) is 17.7 Å². The lowest BCUT2D eigenvalue weighted by Crippen LogP contribution is -2.33. The molecule has 2 aromatic rings. The van der Waals surface area contributed by atoms with Crippen LogP contribution in [0.4, 0.5) is 11.4 Å². The first kappa shape index (κ1) is 17.3. The van der Waals surface area contributed by atoms with Crippen molar-refractivity contribution in [2.24, 2.45) is 5.92 Å². The SMILES string of the molecule is Cc1cccc(C(=O)N(Cc2cc(N)ccc2N(C)C)CC2CC2)c1. The summed E-state index contributed by atoms with van der Waals surface area (Å²) in [6, 6.07) is 13.8. The fourth-order valence-electron chi connectivity index (χ4n) is 3.17. The van der Waals surface area contributed by atoms with Crippen LogP contribution in [0.1, 0.15) is 34.3 Å². The number of nitrogen functional groups attached to an aromatic ring is 1. The molecule has 1 aliphatic rings. The van der Waals surface area contributed by atoms with E-state index in [-0.39, 0.29) is 5.91 Å². The highest BCUT2D eigenvalue weighted by Gasteiger charge is 2.28. The van der Waals surface area contributed by atoms with E-state index in [9.17, 15) is 4.79 Å². The van der Waals surface area contributed by atoms with Gasteiger partial charge in [-0.15, -0.1) is 0 Å². The van der Waals surface area contributed by atoms with Gasteiger partial charge in [0.05, 0.1) is 0 Å². The first-order chi connectivity index (χ1) is 11.9. The molecule has 1 saturated carbocycles. The van der Waals surface area contributed by atoms with E-state index in [2.05, 4.69) is 4.90 Å². The van der Waals surface area contributed by atoms with Crippen LogP contribution < -0.4 is 10.6 Å². The minimum absolute atomic E-state index is 0.0998. The molecule has 0 heterocycles. The molecule has 1 amide bonds. The molecule has 25 heavy (non-hydrogen) atoms. The quantitative estimate of drug-likeness (QED) is 0.818. The lowest BCUT2D eigenvalue weighted by Gasteiger charge is -2.26. The summed E-state index contributed by atoms with van der Waals surface area (Å²) in [4.78, 5) is 17.2. The smallest absolute Gasteiger partial charge is 0.254 e. The molecule has 0 spiro atoms. The first-order valence-corrected chi connectivity index (χ1v) is 8.85. The molecule has 1 fully saturated rings. The normalized spacial score (nSPS) is 13.6. The third-order valence-electron chi connectivity index (χ3n) is 4.67. The summed E-state index contributed by atoms with van der Waals surface area (Å²) in [6.45, 7) is 3.42. The van der Waals surface area contributed by atoms with Gasteiger partial charge in [-0.25, -0.2) is 0 Å². The number of rotatable bonds is 6. The molecule has 0 radical (unpaired) electrons. The minimum atomic E-state index is 0.0998. The van der Waals surface area contributed by atoms with Gasteiger partial charge in [0.2, 0.25) is 0 Å². The second kappa shape index (κ2) is 7.18. The number of carbonyl (C=O) groups excluding carboxylic acids is 1. The van der Waals surface area contributed by atoms with Crippen LogP contribution in [0.15, 0.2) is 42.5 Å². The van der Waals surface area contributed by atoms with Crippen molar-refractivity contribution in [2.45, 2.75) is 26.3 Å². The second-order valence-corrected chi connectivity index (χ2v) is 7.28. The average Bonchev–Trinajstić information content (AvgIpc) is 3.37. The Labute approximate surface area is 150 Å². The number of hydrogen-bond donors (Lipinski definition) is 1. The van der Waals surface area contributed by atoms with E-state index >= 15 is 0 Å². The molecule has 0 unspecified atom stereocenters. The zero-order valence-corrected chi connectivity index (χ0v) is 15.3. The highest BCUT2D eigenvalue weighted by atomic mass is 16.2. The molecular weight excluding hydrogens is 310 g/mol. The van der Waals surface area contributed by atoms with Gasteiger partial charge in [0, 0.05) is 44.1 Å². The van der Waals surface area contributed by atoms with Gasteiger partial charge in [0.15, 0.2) is 0 Å². The molecule has 3 rings (SSSR count). The third kappa shape index (κ3) is 4.32. The summed E-state index contributed by atoms with van der Waals surface area (Å²) < 4.78 is 0. The Morgan fingerprint density at radius 3 is 2.56 bits per heavy atom. The molecule has 2 N–H and O–H groups in total. The van der Waals surface area contributed by atoms with Gasteiger partial charge >= 0.3 is 0 Å². The van der Waals surface area contributed by atoms with Gasteiger partial charge < -0.3 is 15.5 Å². The van der Waals surface area contributed by atoms with E-state index in [0.717, 1.165) is 34.6 Å². The molecule has 0 atom stereocenters. The van der Waals surface area contributed by atoms with E-state index in [1.165, 1.54) is 12.8 Å². The van der Waals surface area contributed by atoms with Crippen molar-refractivity contribution in [1.29, 1.82) is 0 Å². The number of nitrogens with two attached hydrogens (primary N) is 1. The van der Waals surface area contributed by atoms with Crippen molar-refractivity contribution >= 4 is 17.3 Å². The number of benzene rings is 2. The molecule has 132 valence electrons. The van der Waals surface area contributed by atoms with Crippen molar-refractivity contribution in [3.8, 4) is 0 Å². The number of hydrogen-bond acceptors (Lipinski definition) is 3. The van der Waals surface area contributed by atoms with Crippen LogP contribution in [-0.2, 0) is 6.54 Å². The van der Waals surface area contributed by atoms with Crippen molar-refractivity contribution in [3.63, 3.8) is 0 Å². The van der Waals surface area contributed by atoms with Crippen molar-refractivity contribution in [1.82, 2.24) is 4.90 Å². The number of carbonyl (C=O) groups is 1. The molecule has 4 heteroatoms. The van der Waals surface area contributed by atoms with Crippen LogP contribution in [-0.4, -0.2) is 31.4 Å². The highest BCUT2D eigenvalue weighted by molar-refractivity contribution is 5.94. The summed E-state index contributed by atoms with van der Waals surface area (Å²) >= 11 is 0. The Hall–Kier alpha value is -2.49. The largest absolute Gasteiger partial charge is 0.399 e.